The third-order valence-corrected chi connectivity index (χ3v) is 2.33. The molecule has 0 saturated carbocycles. The molecule has 0 unspecified atom stereocenters. The lowest BCUT2D eigenvalue weighted by Gasteiger charge is -2.03. The fourth-order valence-corrected chi connectivity index (χ4v) is 1.47. The first-order valence-electron chi connectivity index (χ1n) is 5.24. The van der Waals surface area contributed by atoms with Crippen LogP contribution in [0.25, 0.3) is 0 Å². The highest BCUT2D eigenvalue weighted by Crippen LogP contribution is 2.25. The van der Waals surface area contributed by atoms with Gasteiger partial charge < -0.3 is 9.84 Å². The van der Waals surface area contributed by atoms with Gasteiger partial charge in [0.1, 0.15) is 17.1 Å². The molecule has 0 aromatic heterocycles. The Hall–Kier alpha value is -2.40. The Morgan fingerprint density at radius 3 is 2.41 bits per heavy atom. The molecule has 0 spiro atoms. The maximum absolute atomic E-state index is 9.72. The van der Waals surface area contributed by atoms with Crippen LogP contribution in [0.1, 0.15) is 11.1 Å². The lowest BCUT2D eigenvalue weighted by atomic mass is 10.1. The molecule has 0 bridgehead atoms. The van der Waals surface area contributed by atoms with Crippen LogP contribution in [0.3, 0.4) is 0 Å². The number of benzene rings is 2. The molecule has 0 fully saturated rings. The molecule has 0 amide bonds. The Morgan fingerprint density at radius 2 is 1.71 bits per heavy atom. The highest BCUT2D eigenvalue weighted by molar-refractivity contribution is 5.56. The zero-order chi connectivity index (χ0) is 12.1. The molecule has 0 atom stereocenters. The highest BCUT2D eigenvalue weighted by atomic mass is 16.5. The summed E-state index contributed by atoms with van der Waals surface area (Å²) in [5.41, 5.74) is 1.41. The predicted octanol–water partition coefficient (Wildman–Crippen LogP) is 2.80. The molecule has 2 heteroatoms. The second-order valence-electron chi connectivity index (χ2n) is 3.47. The second-order valence-corrected chi connectivity index (χ2v) is 3.47. The number of phenols is 1. The van der Waals surface area contributed by atoms with Crippen molar-refractivity contribution >= 4 is 0 Å². The van der Waals surface area contributed by atoms with Crippen molar-refractivity contribution in [2.45, 2.75) is 0 Å². The van der Waals surface area contributed by atoms with E-state index in [0.717, 1.165) is 5.56 Å². The number of rotatable bonds is 1. The quantitative estimate of drug-likeness (QED) is 0.755. The van der Waals surface area contributed by atoms with Crippen LogP contribution in [-0.4, -0.2) is 12.2 Å². The van der Waals surface area contributed by atoms with Crippen LogP contribution in [-0.2, 0) is 0 Å². The number of methoxy groups -OCH3 is 1. The fraction of sp³-hybridized carbons (Fsp3) is 0.0667. The Bertz CT molecular complexity index is 562. The Balaban J connectivity index is 2.40. The third-order valence-electron chi connectivity index (χ3n) is 2.33. The van der Waals surface area contributed by atoms with Gasteiger partial charge in [-0.2, -0.15) is 0 Å². The summed E-state index contributed by atoms with van der Waals surface area (Å²) in [4.78, 5) is 0. The largest absolute Gasteiger partial charge is 0.507 e. The monoisotopic (exact) mass is 224 g/mol. The summed E-state index contributed by atoms with van der Waals surface area (Å²) in [6, 6.07) is 14.7. The van der Waals surface area contributed by atoms with E-state index in [1.165, 1.54) is 0 Å². The maximum atomic E-state index is 9.72. The second kappa shape index (κ2) is 5.09. The molecule has 0 aliphatic carbocycles. The number of aromatic hydroxyl groups is 1. The Labute approximate surface area is 100 Å². The average molecular weight is 224 g/mol. The number of ether oxygens (including phenoxy) is 1. The number of phenolic OH excluding ortho intramolecular Hbond substituents is 1. The van der Waals surface area contributed by atoms with Crippen LogP contribution < -0.4 is 4.74 Å². The maximum Gasteiger partial charge on any atom is 0.138 e. The van der Waals surface area contributed by atoms with E-state index in [2.05, 4.69) is 11.8 Å². The van der Waals surface area contributed by atoms with Crippen molar-refractivity contribution in [2.75, 3.05) is 7.11 Å². The molecule has 0 saturated heterocycles. The van der Waals surface area contributed by atoms with Crippen molar-refractivity contribution in [3.8, 4) is 23.3 Å². The molecule has 2 aromatic rings. The number of hydrogen-bond donors (Lipinski definition) is 1. The first kappa shape index (κ1) is 11.1. The van der Waals surface area contributed by atoms with E-state index >= 15 is 0 Å². The fourth-order valence-electron chi connectivity index (χ4n) is 1.47. The first-order chi connectivity index (χ1) is 8.31. The standard InChI is InChI=1S/C15H12O2/c1-17-15-9-5-8-14(16)13(15)11-10-12-6-3-2-4-7-12/h2-9,16H,1H3. The minimum Gasteiger partial charge on any atom is -0.507 e. The summed E-state index contributed by atoms with van der Waals surface area (Å²) < 4.78 is 5.15. The van der Waals surface area contributed by atoms with Gasteiger partial charge in [-0.1, -0.05) is 36.1 Å². The van der Waals surface area contributed by atoms with E-state index in [-0.39, 0.29) is 5.75 Å². The van der Waals surface area contributed by atoms with Gasteiger partial charge in [0.15, 0.2) is 0 Å². The average Bonchev–Trinajstić information content (AvgIpc) is 2.38. The van der Waals surface area contributed by atoms with Gasteiger partial charge in [0.25, 0.3) is 0 Å². The van der Waals surface area contributed by atoms with Gasteiger partial charge in [0.05, 0.1) is 7.11 Å². The third kappa shape index (κ3) is 2.59. The molecule has 2 aromatic carbocycles. The minimum atomic E-state index is 0.132. The van der Waals surface area contributed by atoms with Crippen molar-refractivity contribution in [1.29, 1.82) is 0 Å². The topological polar surface area (TPSA) is 29.5 Å². The predicted molar refractivity (Wildman–Crippen MR) is 67.1 cm³/mol. The van der Waals surface area contributed by atoms with Crippen molar-refractivity contribution in [1.82, 2.24) is 0 Å². The van der Waals surface area contributed by atoms with Gasteiger partial charge >= 0.3 is 0 Å². The summed E-state index contributed by atoms with van der Waals surface area (Å²) in [5, 5.41) is 9.72. The van der Waals surface area contributed by atoms with Crippen LogP contribution in [0.4, 0.5) is 0 Å². The van der Waals surface area contributed by atoms with E-state index in [9.17, 15) is 5.11 Å². The van der Waals surface area contributed by atoms with E-state index < -0.39 is 0 Å². The lowest BCUT2D eigenvalue weighted by molar-refractivity contribution is 0.406. The highest BCUT2D eigenvalue weighted by Gasteiger charge is 2.04. The molecule has 2 nitrogen and oxygen atoms in total. The lowest BCUT2D eigenvalue weighted by Crippen LogP contribution is -1.87. The molecule has 1 N–H and O–H groups in total. The van der Waals surface area contributed by atoms with Crippen molar-refractivity contribution < 1.29 is 9.84 Å². The summed E-state index contributed by atoms with van der Waals surface area (Å²) in [7, 11) is 1.56. The SMILES string of the molecule is COc1cccc(O)c1C#Cc1ccccc1. The van der Waals surface area contributed by atoms with E-state index in [1.807, 2.05) is 30.3 Å². The van der Waals surface area contributed by atoms with Crippen molar-refractivity contribution in [3.63, 3.8) is 0 Å². The van der Waals surface area contributed by atoms with Gasteiger partial charge in [-0.05, 0) is 24.3 Å². The molecular formula is C15H12O2. The first-order valence-corrected chi connectivity index (χ1v) is 5.24. The molecule has 2 rings (SSSR count). The van der Waals surface area contributed by atoms with Crippen LogP contribution in [0, 0.1) is 11.8 Å². The van der Waals surface area contributed by atoms with Crippen molar-refractivity contribution in [3.05, 3.63) is 59.7 Å². The van der Waals surface area contributed by atoms with Gasteiger partial charge in [-0.3, -0.25) is 0 Å². The van der Waals surface area contributed by atoms with Gasteiger partial charge in [0.2, 0.25) is 0 Å². The van der Waals surface area contributed by atoms with E-state index in [0.29, 0.717) is 11.3 Å². The van der Waals surface area contributed by atoms with Crippen LogP contribution >= 0.6 is 0 Å². The van der Waals surface area contributed by atoms with E-state index in [4.69, 9.17) is 4.74 Å². The summed E-state index contributed by atoms with van der Waals surface area (Å²) in [5.74, 6) is 6.62. The summed E-state index contributed by atoms with van der Waals surface area (Å²) in [6.45, 7) is 0. The summed E-state index contributed by atoms with van der Waals surface area (Å²) >= 11 is 0. The summed E-state index contributed by atoms with van der Waals surface area (Å²) in [6.07, 6.45) is 0. The molecule has 84 valence electrons. The molecule has 0 aliphatic rings. The van der Waals surface area contributed by atoms with Crippen LogP contribution in [0.15, 0.2) is 48.5 Å². The van der Waals surface area contributed by atoms with Gasteiger partial charge in [-0.25, -0.2) is 0 Å². The Morgan fingerprint density at radius 1 is 0.941 bits per heavy atom. The zero-order valence-electron chi connectivity index (χ0n) is 9.47. The normalized spacial score (nSPS) is 9.24. The van der Waals surface area contributed by atoms with Crippen molar-refractivity contribution in [2.24, 2.45) is 0 Å². The smallest absolute Gasteiger partial charge is 0.138 e. The van der Waals surface area contributed by atoms with Crippen LogP contribution in [0.5, 0.6) is 11.5 Å². The molecular weight excluding hydrogens is 212 g/mol. The minimum absolute atomic E-state index is 0.132. The van der Waals surface area contributed by atoms with Gasteiger partial charge in [0, 0.05) is 5.56 Å². The molecule has 0 heterocycles. The van der Waals surface area contributed by atoms with Gasteiger partial charge in [-0.15, -0.1) is 0 Å². The Kier molecular flexibility index (Phi) is 3.32. The zero-order valence-corrected chi connectivity index (χ0v) is 9.47. The number of hydrogen-bond acceptors (Lipinski definition) is 2. The molecule has 0 aliphatic heterocycles. The van der Waals surface area contributed by atoms with Crippen LogP contribution in [0.2, 0.25) is 0 Å². The molecule has 17 heavy (non-hydrogen) atoms. The molecule has 0 radical (unpaired) electrons. The van der Waals surface area contributed by atoms with E-state index in [1.54, 1.807) is 25.3 Å².